The predicted molar refractivity (Wildman–Crippen MR) is 105 cm³/mol. The number of rotatable bonds is 3. The van der Waals surface area contributed by atoms with E-state index in [4.69, 9.17) is 4.99 Å². The highest BCUT2D eigenvalue weighted by Crippen LogP contribution is 2.37. The Morgan fingerprint density at radius 1 is 0.960 bits per heavy atom. The number of para-hydroxylation sites is 2. The number of anilines is 2. The molecule has 0 bridgehead atoms. The van der Waals surface area contributed by atoms with Gasteiger partial charge in [-0.3, -0.25) is 4.99 Å². The quantitative estimate of drug-likeness (QED) is 0.892. The van der Waals surface area contributed by atoms with Crippen molar-refractivity contribution >= 4 is 17.2 Å². The van der Waals surface area contributed by atoms with E-state index in [9.17, 15) is 0 Å². The first-order valence-electron chi connectivity index (χ1n) is 9.24. The van der Waals surface area contributed by atoms with Crippen LogP contribution in [0.2, 0.25) is 0 Å². The molecular formula is C21H26N4. The maximum absolute atomic E-state index is 5.00. The molecule has 1 spiro atoms. The van der Waals surface area contributed by atoms with Gasteiger partial charge in [0.15, 0.2) is 0 Å². The van der Waals surface area contributed by atoms with Gasteiger partial charge in [0.05, 0.1) is 23.5 Å². The van der Waals surface area contributed by atoms with Crippen LogP contribution in [0.25, 0.3) is 0 Å². The van der Waals surface area contributed by atoms with Gasteiger partial charge in [-0.2, -0.15) is 0 Å². The van der Waals surface area contributed by atoms with Crippen LogP contribution < -0.4 is 10.6 Å². The largest absolute Gasteiger partial charge is 0.371 e. The van der Waals surface area contributed by atoms with Crippen molar-refractivity contribution in [1.82, 2.24) is 4.90 Å². The van der Waals surface area contributed by atoms with E-state index in [0.717, 1.165) is 44.0 Å². The summed E-state index contributed by atoms with van der Waals surface area (Å²) in [6.07, 6.45) is 2.16. The molecule has 2 heterocycles. The first-order chi connectivity index (χ1) is 12.3. The lowest BCUT2D eigenvalue weighted by Crippen LogP contribution is -2.58. The van der Waals surface area contributed by atoms with Gasteiger partial charge in [0, 0.05) is 13.1 Å². The SMILES string of the molecule is CCN1CCC2(CC1)Nc1ccccc1NC2=NCc1ccccc1. The third-order valence-corrected chi connectivity index (χ3v) is 5.43. The minimum Gasteiger partial charge on any atom is -0.371 e. The summed E-state index contributed by atoms with van der Waals surface area (Å²) < 4.78 is 0. The molecule has 2 aliphatic heterocycles. The lowest BCUT2D eigenvalue weighted by molar-refractivity contribution is 0.210. The van der Waals surface area contributed by atoms with Gasteiger partial charge >= 0.3 is 0 Å². The maximum atomic E-state index is 5.00. The number of aliphatic imine (C=N–C) groups is 1. The molecule has 0 saturated carbocycles. The van der Waals surface area contributed by atoms with E-state index in [-0.39, 0.29) is 5.54 Å². The molecule has 0 aromatic heterocycles. The monoisotopic (exact) mass is 334 g/mol. The second kappa shape index (κ2) is 6.89. The summed E-state index contributed by atoms with van der Waals surface area (Å²) >= 11 is 0. The Balaban J connectivity index is 1.64. The molecule has 130 valence electrons. The van der Waals surface area contributed by atoms with Crippen LogP contribution in [0.3, 0.4) is 0 Å². The van der Waals surface area contributed by atoms with Crippen LogP contribution in [0, 0.1) is 0 Å². The van der Waals surface area contributed by atoms with Crippen molar-refractivity contribution in [2.24, 2.45) is 4.99 Å². The molecule has 1 saturated heterocycles. The van der Waals surface area contributed by atoms with Gasteiger partial charge in [0.1, 0.15) is 5.84 Å². The molecule has 0 aliphatic carbocycles. The Bertz CT molecular complexity index is 746. The zero-order valence-corrected chi connectivity index (χ0v) is 14.8. The van der Waals surface area contributed by atoms with Crippen molar-refractivity contribution < 1.29 is 0 Å². The van der Waals surface area contributed by atoms with Gasteiger partial charge in [-0.05, 0) is 37.1 Å². The summed E-state index contributed by atoms with van der Waals surface area (Å²) in [7, 11) is 0. The topological polar surface area (TPSA) is 39.7 Å². The number of benzene rings is 2. The van der Waals surface area contributed by atoms with E-state index in [2.05, 4.69) is 77.1 Å². The van der Waals surface area contributed by atoms with Crippen molar-refractivity contribution in [3.8, 4) is 0 Å². The Morgan fingerprint density at radius 2 is 1.64 bits per heavy atom. The molecular weight excluding hydrogens is 308 g/mol. The fourth-order valence-corrected chi connectivity index (χ4v) is 3.82. The number of amidine groups is 1. The molecule has 2 N–H and O–H groups in total. The molecule has 0 atom stereocenters. The molecule has 0 radical (unpaired) electrons. The first-order valence-corrected chi connectivity index (χ1v) is 9.24. The number of piperidine rings is 1. The van der Waals surface area contributed by atoms with Crippen LogP contribution in [-0.4, -0.2) is 35.9 Å². The van der Waals surface area contributed by atoms with Crippen LogP contribution in [0.4, 0.5) is 11.4 Å². The van der Waals surface area contributed by atoms with Crippen molar-refractivity contribution in [3.63, 3.8) is 0 Å². The Morgan fingerprint density at radius 3 is 2.36 bits per heavy atom. The van der Waals surface area contributed by atoms with Crippen LogP contribution in [0.1, 0.15) is 25.3 Å². The normalized spacial score (nSPS) is 20.8. The molecule has 1 fully saturated rings. The van der Waals surface area contributed by atoms with E-state index in [0.29, 0.717) is 6.54 Å². The Labute approximate surface area is 150 Å². The zero-order chi connectivity index (χ0) is 17.1. The lowest BCUT2D eigenvalue weighted by atomic mass is 9.83. The van der Waals surface area contributed by atoms with Gasteiger partial charge in [0.2, 0.25) is 0 Å². The summed E-state index contributed by atoms with van der Waals surface area (Å²) in [5.41, 5.74) is 3.48. The standard InChI is InChI=1S/C21H26N4/c1-2-25-14-12-21(13-15-25)20(22-16-17-8-4-3-5-9-17)23-18-10-6-7-11-19(18)24-21/h3-11,24H,2,12-16H2,1H3,(H,22,23). The third kappa shape index (κ3) is 3.27. The van der Waals surface area contributed by atoms with E-state index in [1.807, 2.05) is 0 Å². The van der Waals surface area contributed by atoms with Crippen LogP contribution in [0.5, 0.6) is 0 Å². The van der Waals surface area contributed by atoms with Crippen molar-refractivity contribution in [1.29, 1.82) is 0 Å². The second-order valence-electron chi connectivity index (χ2n) is 6.96. The third-order valence-electron chi connectivity index (χ3n) is 5.43. The summed E-state index contributed by atoms with van der Waals surface area (Å²) in [5.74, 6) is 1.09. The number of nitrogens with one attached hydrogen (secondary N) is 2. The van der Waals surface area contributed by atoms with Crippen LogP contribution in [0.15, 0.2) is 59.6 Å². The van der Waals surface area contributed by atoms with Crippen molar-refractivity contribution in [2.75, 3.05) is 30.3 Å². The molecule has 2 aromatic rings. The molecule has 2 aliphatic rings. The van der Waals surface area contributed by atoms with E-state index in [1.54, 1.807) is 0 Å². The Hall–Kier alpha value is -2.33. The lowest BCUT2D eigenvalue weighted by Gasteiger charge is -2.46. The fraction of sp³-hybridized carbons (Fsp3) is 0.381. The maximum Gasteiger partial charge on any atom is 0.127 e. The summed E-state index contributed by atoms with van der Waals surface area (Å²) in [6, 6.07) is 18.9. The second-order valence-corrected chi connectivity index (χ2v) is 6.96. The summed E-state index contributed by atoms with van der Waals surface area (Å²) in [6.45, 7) is 6.29. The highest BCUT2D eigenvalue weighted by molar-refractivity contribution is 6.09. The molecule has 0 amide bonds. The molecule has 25 heavy (non-hydrogen) atoms. The number of hydrogen-bond acceptors (Lipinski definition) is 3. The average molecular weight is 334 g/mol. The van der Waals surface area contributed by atoms with E-state index < -0.39 is 0 Å². The highest BCUT2D eigenvalue weighted by Gasteiger charge is 2.42. The van der Waals surface area contributed by atoms with E-state index in [1.165, 1.54) is 11.3 Å². The van der Waals surface area contributed by atoms with Crippen LogP contribution >= 0.6 is 0 Å². The molecule has 4 nitrogen and oxygen atoms in total. The fourth-order valence-electron chi connectivity index (χ4n) is 3.82. The molecule has 4 heteroatoms. The number of likely N-dealkylation sites (tertiary alicyclic amines) is 1. The smallest absolute Gasteiger partial charge is 0.127 e. The van der Waals surface area contributed by atoms with Gasteiger partial charge in [0.25, 0.3) is 0 Å². The zero-order valence-electron chi connectivity index (χ0n) is 14.8. The van der Waals surface area contributed by atoms with E-state index >= 15 is 0 Å². The molecule has 0 unspecified atom stereocenters. The Kier molecular flexibility index (Phi) is 4.45. The van der Waals surface area contributed by atoms with Gasteiger partial charge in [-0.15, -0.1) is 0 Å². The van der Waals surface area contributed by atoms with Gasteiger partial charge < -0.3 is 15.5 Å². The summed E-state index contributed by atoms with van der Waals surface area (Å²) in [5, 5.41) is 7.45. The minimum absolute atomic E-state index is 0.0746. The van der Waals surface area contributed by atoms with Gasteiger partial charge in [-0.25, -0.2) is 0 Å². The minimum atomic E-state index is -0.0746. The summed E-state index contributed by atoms with van der Waals surface area (Å²) in [4.78, 5) is 7.52. The molecule has 4 rings (SSSR count). The number of fused-ring (bicyclic) bond motifs is 1. The average Bonchev–Trinajstić information content (AvgIpc) is 2.68. The number of nitrogens with zero attached hydrogens (tertiary/aromatic N) is 2. The molecule has 2 aromatic carbocycles. The van der Waals surface area contributed by atoms with Crippen LogP contribution in [-0.2, 0) is 6.54 Å². The van der Waals surface area contributed by atoms with Crippen molar-refractivity contribution in [3.05, 3.63) is 60.2 Å². The van der Waals surface area contributed by atoms with Crippen molar-refractivity contribution in [2.45, 2.75) is 31.8 Å². The highest BCUT2D eigenvalue weighted by atomic mass is 15.2. The number of hydrogen-bond donors (Lipinski definition) is 2. The van der Waals surface area contributed by atoms with Gasteiger partial charge in [-0.1, -0.05) is 49.4 Å². The predicted octanol–water partition coefficient (Wildman–Crippen LogP) is 3.98. The first kappa shape index (κ1) is 16.2.